The molecule has 0 aromatic heterocycles. The number of methoxy groups -OCH3 is 1. The second-order valence-electron chi connectivity index (χ2n) is 7.43. The highest BCUT2D eigenvalue weighted by Crippen LogP contribution is 2.37. The van der Waals surface area contributed by atoms with Gasteiger partial charge in [-0.25, -0.2) is 8.42 Å². The van der Waals surface area contributed by atoms with Crippen molar-refractivity contribution in [3.63, 3.8) is 0 Å². The van der Waals surface area contributed by atoms with Crippen LogP contribution in [-0.4, -0.2) is 43.5 Å². The average molecular weight is 417 g/mol. The van der Waals surface area contributed by atoms with E-state index < -0.39 is 9.84 Å². The fourth-order valence-electron chi connectivity index (χ4n) is 3.64. The van der Waals surface area contributed by atoms with Gasteiger partial charge in [0, 0.05) is 10.9 Å². The summed E-state index contributed by atoms with van der Waals surface area (Å²) in [6.45, 7) is 4.90. The molecule has 148 valence electrons. The summed E-state index contributed by atoms with van der Waals surface area (Å²) in [6, 6.07) is 14.3. The van der Waals surface area contributed by atoms with E-state index in [4.69, 9.17) is 9.73 Å². The topological polar surface area (TPSA) is 59.0 Å². The summed E-state index contributed by atoms with van der Waals surface area (Å²) in [7, 11) is -1.31. The van der Waals surface area contributed by atoms with E-state index >= 15 is 0 Å². The Kier molecular flexibility index (Phi) is 5.14. The van der Waals surface area contributed by atoms with E-state index in [-0.39, 0.29) is 22.8 Å². The van der Waals surface area contributed by atoms with Gasteiger partial charge in [-0.3, -0.25) is 4.99 Å². The molecule has 4 rings (SSSR count). The van der Waals surface area contributed by atoms with Crippen molar-refractivity contribution in [2.24, 2.45) is 4.99 Å². The Morgan fingerprint density at radius 2 is 1.89 bits per heavy atom. The fraction of sp³-hybridized carbons (Fsp3) is 0.381. The molecule has 2 unspecified atom stereocenters. The van der Waals surface area contributed by atoms with Crippen LogP contribution in [0.4, 0.5) is 5.69 Å². The normalized spacial score (nSPS) is 22.6. The summed E-state index contributed by atoms with van der Waals surface area (Å²) >= 11 is 1.59. The molecule has 2 heterocycles. The number of fused-ring (bicyclic) bond motifs is 1. The summed E-state index contributed by atoms with van der Waals surface area (Å²) in [5, 5.41) is 0.926. The molecule has 0 radical (unpaired) electrons. The molecule has 0 N–H and O–H groups in total. The van der Waals surface area contributed by atoms with E-state index in [1.165, 1.54) is 16.7 Å². The summed E-state index contributed by atoms with van der Waals surface area (Å²) in [6.07, 6.45) is 0. The minimum absolute atomic E-state index is 0.0272. The summed E-state index contributed by atoms with van der Waals surface area (Å²) < 4.78 is 29.1. The molecule has 0 bridgehead atoms. The number of anilines is 1. The second-order valence-corrected chi connectivity index (χ2v) is 10.8. The largest absolute Gasteiger partial charge is 0.497 e. The number of rotatable bonds is 4. The summed E-state index contributed by atoms with van der Waals surface area (Å²) in [5.41, 5.74) is 4.72. The van der Waals surface area contributed by atoms with Gasteiger partial charge in [0.2, 0.25) is 0 Å². The maximum atomic E-state index is 11.9. The van der Waals surface area contributed by atoms with Crippen molar-refractivity contribution in [1.29, 1.82) is 0 Å². The number of aliphatic imine (C=N–C) groups is 1. The molecule has 1 fully saturated rings. The molecule has 5 nitrogen and oxygen atoms in total. The molecule has 7 heteroatoms. The van der Waals surface area contributed by atoms with Gasteiger partial charge in [0.25, 0.3) is 0 Å². The first-order valence-corrected chi connectivity index (χ1v) is 12.0. The van der Waals surface area contributed by atoms with Gasteiger partial charge < -0.3 is 9.64 Å². The lowest BCUT2D eigenvalue weighted by molar-refractivity contribution is 0.415. The van der Waals surface area contributed by atoms with Gasteiger partial charge in [-0.15, -0.1) is 0 Å². The Labute approximate surface area is 170 Å². The third kappa shape index (κ3) is 3.91. The SMILES string of the molecule is COc1ccc(N(Cc2cc(C)ccc2C)C2=NC3CS(=O)(=O)CC3S2)cc1. The summed E-state index contributed by atoms with van der Waals surface area (Å²) in [5.74, 6) is 1.18. The van der Waals surface area contributed by atoms with Crippen LogP contribution < -0.4 is 9.64 Å². The highest BCUT2D eigenvalue weighted by molar-refractivity contribution is 8.15. The molecule has 1 saturated heterocycles. The van der Waals surface area contributed by atoms with E-state index in [0.717, 1.165) is 16.6 Å². The Bertz CT molecular complexity index is 1020. The van der Waals surface area contributed by atoms with E-state index in [0.29, 0.717) is 6.54 Å². The standard InChI is InChI=1S/C21H24N2O3S2/c1-14-4-5-15(2)16(10-14)11-23(17-6-8-18(26-3)9-7-17)21-22-19-12-28(24,25)13-20(19)27-21/h4-10,19-20H,11-13H2,1-3H3. The minimum atomic E-state index is -2.96. The molecule has 2 atom stereocenters. The molecule has 2 aromatic rings. The number of aryl methyl sites for hydroxylation is 2. The van der Waals surface area contributed by atoms with Gasteiger partial charge in [0.1, 0.15) is 5.75 Å². The van der Waals surface area contributed by atoms with Crippen LogP contribution in [0.15, 0.2) is 47.5 Å². The Morgan fingerprint density at radius 1 is 1.14 bits per heavy atom. The van der Waals surface area contributed by atoms with Gasteiger partial charge in [-0.1, -0.05) is 35.5 Å². The van der Waals surface area contributed by atoms with E-state index in [2.05, 4.69) is 36.9 Å². The number of ether oxygens (including phenoxy) is 1. The van der Waals surface area contributed by atoms with Crippen molar-refractivity contribution in [3.8, 4) is 5.75 Å². The number of sulfone groups is 1. The van der Waals surface area contributed by atoms with E-state index in [9.17, 15) is 8.42 Å². The number of nitrogens with zero attached hydrogens (tertiary/aromatic N) is 2. The monoisotopic (exact) mass is 416 g/mol. The van der Waals surface area contributed by atoms with Crippen LogP contribution in [-0.2, 0) is 16.4 Å². The number of amidine groups is 1. The molecular formula is C21H24N2O3S2. The molecule has 28 heavy (non-hydrogen) atoms. The zero-order valence-corrected chi connectivity index (χ0v) is 17.9. The first kappa shape index (κ1) is 19.3. The third-order valence-electron chi connectivity index (χ3n) is 5.25. The maximum absolute atomic E-state index is 11.9. The molecular weight excluding hydrogens is 392 g/mol. The number of hydrogen-bond donors (Lipinski definition) is 0. The number of benzene rings is 2. The van der Waals surface area contributed by atoms with Gasteiger partial charge in [0.05, 0.1) is 31.2 Å². The number of thioether (sulfide) groups is 1. The molecule has 0 amide bonds. The second kappa shape index (κ2) is 7.44. The molecule has 2 aliphatic heterocycles. The fourth-order valence-corrected chi connectivity index (χ4v) is 7.42. The van der Waals surface area contributed by atoms with Gasteiger partial charge >= 0.3 is 0 Å². The zero-order valence-electron chi connectivity index (χ0n) is 16.3. The van der Waals surface area contributed by atoms with Crippen LogP contribution in [0.1, 0.15) is 16.7 Å². The van der Waals surface area contributed by atoms with Crippen LogP contribution in [0.25, 0.3) is 0 Å². The van der Waals surface area contributed by atoms with Crippen molar-refractivity contribution in [2.45, 2.75) is 31.7 Å². The highest BCUT2D eigenvalue weighted by Gasteiger charge is 2.44. The van der Waals surface area contributed by atoms with Crippen LogP contribution >= 0.6 is 11.8 Å². The Hall–Kier alpha value is -1.99. The lowest BCUT2D eigenvalue weighted by Gasteiger charge is -2.26. The van der Waals surface area contributed by atoms with Gasteiger partial charge in [-0.2, -0.15) is 0 Å². The van der Waals surface area contributed by atoms with Crippen LogP contribution in [0.2, 0.25) is 0 Å². The van der Waals surface area contributed by atoms with E-state index in [1.807, 2.05) is 24.3 Å². The first-order valence-electron chi connectivity index (χ1n) is 9.27. The van der Waals surface area contributed by atoms with Crippen molar-refractivity contribution in [2.75, 3.05) is 23.5 Å². The van der Waals surface area contributed by atoms with E-state index in [1.54, 1.807) is 18.9 Å². The lowest BCUT2D eigenvalue weighted by Crippen LogP contribution is -2.28. The lowest BCUT2D eigenvalue weighted by atomic mass is 10.1. The van der Waals surface area contributed by atoms with Crippen molar-refractivity contribution in [1.82, 2.24) is 0 Å². The third-order valence-corrected chi connectivity index (χ3v) is 8.50. The smallest absolute Gasteiger partial charge is 0.164 e. The van der Waals surface area contributed by atoms with Crippen LogP contribution in [0.5, 0.6) is 5.75 Å². The molecule has 2 aliphatic rings. The minimum Gasteiger partial charge on any atom is -0.497 e. The molecule has 2 aromatic carbocycles. The predicted molar refractivity (Wildman–Crippen MR) is 116 cm³/mol. The van der Waals surface area contributed by atoms with Gasteiger partial charge in [-0.05, 0) is 49.2 Å². The van der Waals surface area contributed by atoms with Crippen molar-refractivity contribution in [3.05, 3.63) is 59.2 Å². The average Bonchev–Trinajstić information content (AvgIpc) is 3.16. The van der Waals surface area contributed by atoms with Crippen molar-refractivity contribution < 1.29 is 13.2 Å². The summed E-state index contributed by atoms with van der Waals surface area (Å²) in [4.78, 5) is 7.00. The molecule has 0 spiro atoms. The Balaban J connectivity index is 1.68. The predicted octanol–water partition coefficient (Wildman–Crippen LogP) is 3.59. The molecule has 0 aliphatic carbocycles. The zero-order chi connectivity index (χ0) is 19.9. The van der Waals surface area contributed by atoms with Crippen molar-refractivity contribution >= 4 is 32.5 Å². The van der Waals surface area contributed by atoms with Gasteiger partial charge in [0.15, 0.2) is 15.0 Å². The maximum Gasteiger partial charge on any atom is 0.164 e. The Morgan fingerprint density at radius 3 is 2.57 bits per heavy atom. The first-order chi connectivity index (χ1) is 13.3. The number of hydrogen-bond acceptors (Lipinski definition) is 6. The van der Waals surface area contributed by atoms with Crippen LogP contribution in [0, 0.1) is 13.8 Å². The van der Waals surface area contributed by atoms with Crippen LogP contribution in [0.3, 0.4) is 0 Å². The molecule has 0 saturated carbocycles. The quantitative estimate of drug-likeness (QED) is 0.762. The highest BCUT2D eigenvalue weighted by atomic mass is 32.2.